The highest BCUT2D eigenvalue weighted by Crippen LogP contribution is 2.25. The van der Waals surface area contributed by atoms with Crippen molar-refractivity contribution in [3.8, 4) is 5.75 Å². The van der Waals surface area contributed by atoms with E-state index in [1.54, 1.807) is 18.2 Å². The van der Waals surface area contributed by atoms with Gasteiger partial charge in [0.1, 0.15) is 11.4 Å². The van der Waals surface area contributed by atoms with E-state index in [2.05, 4.69) is 4.98 Å². The van der Waals surface area contributed by atoms with Gasteiger partial charge >= 0.3 is 0 Å². The Balaban J connectivity index is 1.88. The van der Waals surface area contributed by atoms with E-state index >= 15 is 0 Å². The molecule has 0 bridgehead atoms. The standard InChI is InChI=1S/C16H17N3O5S/c1-24-12-3-5-13(6-4-12)25(22,23)19-9-8-11-2-7-14(16(20)18-21)17-15(11)10-19/h2-7,21H,8-10H2,1H3,(H,18,20). The van der Waals surface area contributed by atoms with E-state index in [4.69, 9.17) is 9.94 Å². The molecule has 2 aromatic rings. The van der Waals surface area contributed by atoms with Crippen LogP contribution >= 0.6 is 0 Å². The molecule has 132 valence electrons. The fourth-order valence-electron chi connectivity index (χ4n) is 2.67. The molecule has 2 heterocycles. The van der Waals surface area contributed by atoms with Crippen molar-refractivity contribution in [3.63, 3.8) is 0 Å². The van der Waals surface area contributed by atoms with Crippen LogP contribution in [-0.4, -0.2) is 42.5 Å². The molecule has 0 saturated heterocycles. The molecule has 0 unspecified atom stereocenters. The van der Waals surface area contributed by atoms with Crippen molar-refractivity contribution >= 4 is 15.9 Å². The van der Waals surface area contributed by atoms with Gasteiger partial charge in [0.25, 0.3) is 5.91 Å². The van der Waals surface area contributed by atoms with Gasteiger partial charge in [0.2, 0.25) is 10.0 Å². The first-order valence-corrected chi connectivity index (χ1v) is 8.97. The summed E-state index contributed by atoms with van der Waals surface area (Å²) >= 11 is 0. The van der Waals surface area contributed by atoms with Gasteiger partial charge < -0.3 is 4.74 Å². The zero-order chi connectivity index (χ0) is 18.0. The Labute approximate surface area is 145 Å². The smallest absolute Gasteiger partial charge is 0.293 e. The van der Waals surface area contributed by atoms with E-state index in [0.29, 0.717) is 24.4 Å². The third-order valence-electron chi connectivity index (χ3n) is 4.06. The number of carbonyl (C=O) groups is 1. The predicted molar refractivity (Wildman–Crippen MR) is 87.8 cm³/mol. The molecule has 0 atom stereocenters. The average Bonchev–Trinajstić information content (AvgIpc) is 2.66. The van der Waals surface area contributed by atoms with Gasteiger partial charge in [-0.05, 0) is 42.3 Å². The maximum atomic E-state index is 12.8. The van der Waals surface area contributed by atoms with E-state index in [9.17, 15) is 13.2 Å². The van der Waals surface area contributed by atoms with Crippen LogP contribution in [0.5, 0.6) is 5.75 Å². The van der Waals surface area contributed by atoms with Crippen LogP contribution < -0.4 is 10.2 Å². The first kappa shape index (κ1) is 17.3. The van der Waals surface area contributed by atoms with E-state index in [1.165, 1.54) is 35.1 Å². The molecule has 3 rings (SSSR count). The topological polar surface area (TPSA) is 109 Å². The molecule has 1 aliphatic heterocycles. The number of amides is 1. The van der Waals surface area contributed by atoms with Gasteiger partial charge in [-0.25, -0.2) is 18.9 Å². The average molecular weight is 363 g/mol. The number of benzene rings is 1. The maximum absolute atomic E-state index is 12.8. The molecule has 1 aromatic heterocycles. The van der Waals surface area contributed by atoms with E-state index in [0.717, 1.165) is 5.56 Å². The van der Waals surface area contributed by atoms with Gasteiger partial charge in [0.15, 0.2) is 0 Å². The summed E-state index contributed by atoms with van der Waals surface area (Å²) in [5, 5.41) is 8.71. The van der Waals surface area contributed by atoms with Gasteiger partial charge in [-0.2, -0.15) is 4.31 Å². The number of hydrogen-bond acceptors (Lipinski definition) is 6. The van der Waals surface area contributed by atoms with Gasteiger partial charge in [0.05, 0.1) is 24.2 Å². The fourth-order valence-corrected chi connectivity index (χ4v) is 4.07. The van der Waals surface area contributed by atoms with Crippen LogP contribution in [0.4, 0.5) is 0 Å². The van der Waals surface area contributed by atoms with Crippen LogP contribution in [0.1, 0.15) is 21.7 Å². The minimum atomic E-state index is -3.68. The lowest BCUT2D eigenvalue weighted by Gasteiger charge is -2.27. The Morgan fingerprint density at radius 3 is 2.60 bits per heavy atom. The number of methoxy groups -OCH3 is 1. The molecule has 0 saturated carbocycles. The van der Waals surface area contributed by atoms with Gasteiger partial charge in [0, 0.05) is 6.54 Å². The number of ether oxygens (including phenoxy) is 1. The first-order chi connectivity index (χ1) is 12.0. The summed E-state index contributed by atoms with van der Waals surface area (Å²) in [6.07, 6.45) is 0.499. The zero-order valence-corrected chi connectivity index (χ0v) is 14.3. The number of rotatable bonds is 4. The number of hydroxylamine groups is 1. The second-order valence-electron chi connectivity index (χ2n) is 5.51. The number of nitrogens with one attached hydrogen (secondary N) is 1. The minimum absolute atomic E-state index is 0.0324. The molecular weight excluding hydrogens is 346 g/mol. The van der Waals surface area contributed by atoms with Gasteiger partial charge in [-0.1, -0.05) is 6.07 Å². The molecule has 1 aliphatic rings. The quantitative estimate of drug-likeness (QED) is 0.619. The molecule has 1 amide bonds. The molecule has 9 heteroatoms. The lowest BCUT2D eigenvalue weighted by molar-refractivity contribution is 0.0700. The van der Waals surface area contributed by atoms with Crippen molar-refractivity contribution < 1.29 is 23.2 Å². The summed E-state index contributed by atoms with van der Waals surface area (Å²) in [5.41, 5.74) is 2.94. The van der Waals surface area contributed by atoms with Crippen molar-refractivity contribution in [2.24, 2.45) is 0 Å². The van der Waals surface area contributed by atoms with Gasteiger partial charge in [-0.15, -0.1) is 0 Å². The molecule has 0 fully saturated rings. The summed E-state index contributed by atoms with van der Waals surface area (Å²) in [4.78, 5) is 15.8. The van der Waals surface area contributed by atoms with Crippen molar-refractivity contribution in [1.29, 1.82) is 0 Å². The van der Waals surface area contributed by atoms with E-state index in [1.807, 2.05) is 0 Å². The molecule has 0 aliphatic carbocycles. The van der Waals surface area contributed by atoms with Gasteiger partial charge in [-0.3, -0.25) is 10.0 Å². The number of pyridine rings is 1. The maximum Gasteiger partial charge on any atom is 0.293 e. The van der Waals surface area contributed by atoms with Crippen LogP contribution in [0.15, 0.2) is 41.3 Å². The van der Waals surface area contributed by atoms with Crippen molar-refractivity contribution in [2.45, 2.75) is 17.9 Å². The molecule has 2 N–H and O–H groups in total. The lowest BCUT2D eigenvalue weighted by Crippen LogP contribution is -2.36. The normalized spacial score (nSPS) is 14.6. The molecule has 25 heavy (non-hydrogen) atoms. The van der Waals surface area contributed by atoms with E-state index < -0.39 is 15.9 Å². The van der Waals surface area contributed by atoms with Crippen LogP contribution in [0, 0.1) is 0 Å². The predicted octanol–water partition coefficient (Wildman–Crippen LogP) is 0.956. The molecule has 8 nitrogen and oxygen atoms in total. The number of sulfonamides is 1. The first-order valence-electron chi connectivity index (χ1n) is 7.53. The molecule has 1 aromatic carbocycles. The number of carbonyl (C=O) groups excluding carboxylic acids is 1. The molecular formula is C16H17N3O5S. The highest BCUT2D eigenvalue weighted by Gasteiger charge is 2.29. The summed E-state index contributed by atoms with van der Waals surface area (Å²) in [5.74, 6) is -0.165. The zero-order valence-electron chi connectivity index (χ0n) is 13.5. The Kier molecular flexibility index (Phi) is 4.71. The second-order valence-corrected chi connectivity index (χ2v) is 7.45. The third kappa shape index (κ3) is 3.34. The second kappa shape index (κ2) is 6.79. The summed E-state index contributed by atoms with van der Waals surface area (Å²) in [6.45, 7) is 0.394. The Bertz CT molecular complexity index is 896. The van der Waals surface area contributed by atoms with Crippen molar-refractivity contribution in [3.05, 3.63) is 53.3 Å². The highest BCUT2D eigenvalue weighted by atomic mass is 32.2. The number of nitrogens with zero attached hydrogens (tertiary/aromatic N) is 2. The number of fused-ring (bicyclic) bond motifs is 1. The van der Waals surface area contributed by atoms with Crippen molar-refractivity contribution in [1.82, 2.24) is 14.8 Å². The van der Waals surface area contributed by atoms with Crippen LogP contribution in [0.2, 0.25) is 0 Å². The Morgan fingerprint density at radius 1 is 1.24 bits per heavy atom. The third-order valence-corrected chi connectivity index (χ3v) is 5.92. The summed E-state index contributed by atoms with van der Waals surface area (Å²) < 4.78 is 32.0. The highest BCUT2D eigenvalue weighted by molar-refractivity contribution is 7.89. The Morgan fingerprint density at radius 2 is 1.96 bits per heavy atom. The van der Waals surface area contributed by atoms with Crippen LogP contribution in [-0.2, 0) is 23.0 Å². The Hall–Kier alpha value is -2.49. The monoisotopic (exact) mass is 363 g/mol. The summed E-state index contributed by atoms with van der Waals surface area (Å²) in [7, 11) is -2.17. The molecule has 0 radical (unpaired) electrons. The lowest BCUT2D eigenvalue weighted by atomic mass is 10.1. The van der Waals surface area contributed by atoms with Crippen molar-refractivity contribution in [2.75, 3.05) is 13.7 Å². The van der Waals surface area contributed by atoms with Crippen LogP contribution in [0.25, 0.3) is 0 Å². The van der Waals surface area contributed by atoms with Crippen LogP contribution in [0.3, 0.4) is 0 Å². The molecule has 0 spiro atoms. The summed E-state index contributed by atoms with van der Waals surface area (Å²) in [6, 6.07) is 9.39. The fraction of sp³-hybridized carbons (Fsp3) is 0.250. The minimum Gasteiger partial charge on any atom is -0.497 e. The largest absolute Gasteiger partial charge is 0.497 e. The number of aromatic nitrogens is 1. The van der Waals surface area contributed by atoms with E-state index in [-0.39, 0.29) is 17.1 Å². The SMILES string of the molecule is COc1ccc(S(=O)(=O)N2CCc3ccc(C(=O)NO)nc3C2)cc1. The number of hydrogen-bond donors (Lipinski definition) is 2.